The summed E-state index contributed by atoms with van der Waals surface area (Å²) in [5, 5.41) is 5.36. The summed E-state index contributed by atoms with van der Waals surface area (Å²) >= 11 is 0. The Morgan fingerprint density at radius 3 is 2.52 bits per heavy atom. The van der Waals surface area contributed by atoms with E-state index in [4.69, 9.17) is 0 Å². The zero-order valence-corrected chi connectivity index (χ0v) is 16.5. The quantitative estimate of drug-likeness (QED) is 0.715. The monoisotopic (exact) mass is 431 g/mol. The molecule has 1 spiro atoms. The number of carbonyl (C=O) groups is 3. The topological polar surface area (TPSA) is 78.5 Å². The Bertz CT molecular complexity index is 1040. The number of halogens is 3. The maximum Gasteiger partial charge on any atom is 0.416 e. The summed E-state index contributed by atoms with van der Waals surface area (Å²) in [7, 11) is 0. The number of aryl methyl sites for hydroxylation is 1. The fourth-order valence-corrected chi connectivity index (χ4v) is 4.14. The van der Waals surface area contributed by atoms with Crippen LogP contribution in [0.25, 0.3) is 0 Å². The Hall–Kier alpha value is -3.36. The van der Waals surface area contributed by atoms with E-state index in [1.165, 1.54) is 12.1 Å². The van der Waals surface area contributed by atoms with Gasteiger partial charge in [0.25, 0.3) is 5.91 Å². The number of fused-ring (bicyclic) bond motifs is 2. The average Bonchev–Trinajstić information content (AvgIpc) is 3.21. The van der Waals surface area contributed by atoms with Crippen LogP contribution < -0.4 is 10.6 Å². The standard InChI is InChI=1S/C22H20F3N3O3/c23-22(24,25)16-7-5-14(6-8-16)10-12-26-18(29)13-28-19(30)21(27-20(28)31)11-9-15-3-1-2-4-17(15)21/h1-8H,9-13H2,(H,26,29)(H,27,31). The van der Waals surface area contributed by atoms with Gasteiger partial charge in [-0.15, -0.1) is 0 Å². The molecule has 0 radical (unpaired) electrons. The molecule has 9 heteroatoms. The van der Waals surface area contributed by atoms with Crippen LogP contribution in [0.4, 0.5) is 18.0 Å². The molecule has 6 nitrogen and oxygen atoms in total. The molecule has 4 amide bonds. The van der Waals surface area contributed by atoms with Gasteiger partial charge in [-0.3, -0.25) is 14.5 Å². The van der Waals surface area contributed by atoms with Crippen LogP contribution in [-0.4, -0.2) is 35.8 Å². The van der Waals surface area contributed by atoms with Crippen LogP contribution in [0.15, 0.2) is 48.5 Å². The zero-order valence-electron chi connectivity index (χ0n) is 16.5. The number of hydrogen-bond donors (Lipinski definition) is 2. The Morgan fingerprint density at radius 1 is 1.10 bits per heavy atom. The number of rotatable bonds is 5. The van der Waals surface area contributed by atoms with Crippen molar-refractivity contribution in [2.24, 2.45) is 0 Å². The second kappa shape index (κ2) is 7.72. The van der Waals surface area contributed by atoms with Gasteiger partial charge in [0.2, 0.25) is 5.91 Å². The van der Waals surface area contributed by atoms with Crippen LogP contribution in [-0.2, 0) is 34.1 Å². The minimum Gasteiger partial charge on any atom is -0.354 e. The molecule has 1 unspecified atom stereocenters. The van der Waals surface area contributed by atoms with Crippen LogP contribution in [0, 0.1) is 0 Å². The average molecular weight is 431 g/mol. The Balaban J connectivity index is 1.33. The molecular weight excluding hydrogens is 411 g/mol. The SMILES string of the molecule is O=C(CN1C(=O)NC2(CCc3ccccc32)C1=O)NCCc1ccc(C(F)(F)F)cc1. The molecule has 4 rings (SSSR count). The number of alkyl halides is 3. The van der Waals surface area contributed by atoms with Crippen LogP contribution >= 0.6 is 0 Å². The van der Waals surface area contributed by atoms with Crippen LogP contribution in [0.2, 0.25) is 0 Å². The third kappa shape index (κ3) is 3.87. The van der Waals surface area contributed by atoms with Crippen molar-refractivity contribution in [3.05, 3.63) is 70.8 Å². The van der Waals surface area contributed by atoms with Gasteiger partial charge in [-0.2, -0.15) is 13.2 Å². The summed E-state index contributed by atoms with van der Waals surface area (Å²) in [6, 6.07) is 11.5. The maximum atomic E-state index is 13.0. The summed E-state index contributed by atoms with van der Waals surface area (Å²) in [5.74, 6) is -0.959. The number of carbonyl (C=O) groups excluding carboxylic acids is 3. The minimum atomic E-state index is -4.40. The van der Waals surface area contributed by atoms with E-state index in [1.807, 2.05) is 24.3 Å². The van der Waals surface area contributed by atoms with Gasteiger partial charge >= 0.3 is 12.2 Å². The molecule has 1 aliphatic heterocycles. The number of imide groups is 1. The van der Waals surface area contributed by atoms with Gasteiger partial charge in [0.1, 0.15) is 12.1 Å². The summed E-state index contributed by atoms with van der Waals surface area (Å²) < 4.78 is 37.8. The van der Waals surface area contributed by atoms with E-state index in [0.29, 0.717) is 24.8 Å². The Kier molecular flexibility index (Phi) is 5.20. The van der Waals surface area contributed by atoms with E-state index in [-0.39, 0.29) is 6.54 Å². The summed E-state index contributed by atoms with van der Waals surface area (Å²) in [4.78, 5) is 38.6. The number of hydrogen-bond acceptors (Lipinski definition) is 3. The van der Waals surface area contributed by atoms with E-state index in [1.54, 1.807) is 0 Å². The largest absolute Gasteiger partial charge is 0.416 e. The lowest BCUT2D eigenvalue weighted by Crippen LogP contribution is -2.44. The molecule has 2 aromatic carbocycles. The summed E-state index contributed by atoms with van der Waals surface area (Å²) in [5.41, 5.74) is 0.539. The highest BCUT2D eigenvalue weighted by Crippen LogP contribution is 2.41. The lowest BCUT2D eigenvalue weighted by Gasteiger charge is -2.22. The lowest BCUT2D eigenvalue weighted by atomic mass is 9.92. The molecule has 0 saturated carbocycles. The van der Waals surface area contributed by atoms with Gasteiger partial charge in [-0.05, 0) is 48.1 Å². The number of urea groups is 1. The van der Waals surface area contributed by atoms with Gasteiger partial charge in [-0.25, -0.2) is 4.79 Å². The van der Waals surface area contributed by atoms with Crippen LogP contribution in [0.1, 0.15) is 28.7 Å². The number of benzene rings is 2. The van der Waals surface area contributed by atoms with E-state index < -0.39 is 41.7 Å². The third-order valence-corrected chi connectivity index (χ3v) is 5.74. The maximum absolute atomic E-state index is 13.0. The van der Waals surface area contributed by atoms with Gasteiger partial charge in [0.15, 0.2) is 0 Å². The predicted octanol–water partition coefficient (Wildman–Crippen LogP) is 2.76. The third-order valence-electron chi connectivity index (χ3n) is 5.74. The zero-order chi connectivity index (χ0) is 22.2. The van der Waals surface area contributed by atoms with Gasteiger partial charge in [0, 0.05) is 6.54 Å². The highest BCUT2D eigenvalue weighted by Gasteiger charge is 2.55. The van der Waals surface area contributed by atoms with Gasteiger partial charge < -0.3 is 10.6 Å². The first-order chi connectivity index (χ1) is 14.7. The van der Waals surface area contributed by atoms with Crippen molar-refractivity contribution in [2.75, 3.05) is 13.1 Å². The predicted molar refractivity (Wildman–Crippen MR) is 105 cm³/mol. The molecule has 0 aromatic heterocycles. The van der Waals surface area contributed by atoms with Gasteiger partial charge in [0.05, 0.1) is 5.56 Å². The molecule has 162 valence electrons. The van der Waals surface area contributed by atoms with E-state index in [0.717, 1.165) is 28.2 Å². The van der Waals surface area contributed by atoms with Gasteiger partial charge in [-0.1, -0.05) is 36.4 Å². The highest BCUT2D eigenvalue weighted by atomic mass is 19.4. The molecule has 2 N–H and O–H groups in total. The molecule has 1 saturated heterocycles. The van der Waals surface area contributed by atoms with Crippen molar-refractivity contribution in [2.45, 2.75) is 31.0 Å². The molecule has 1 heterocycles. The molecule has 2 aliphatic rings. The van der Waals surface area contributed by atoms with E-state index in [2.05, 4.69) is 10.6 Å². The number of nitrogens with one attached hydrogen (secondary N) is 2. The van der Waals surface area contributed by atoms with Crippen LogP contribution in [0.3, 0.4) is 0 Å². The minimum absolute atomic E-state index is 0.168. The molecule has 2 aromatic rings. The second-order valence-electron chi connectivity index (χ2n) is 7.68. The second-order valence-corrected chi connectivity index (χ2v) is 7.68. The summed E-state index contributed by atoms with van der Waals surface area (Å²) in [6.07, 6.45) is -2.97. The Labute approximate surface area is 176 Å². The molecule has 1 fully saturated rings. The van der Waals surface area contributed by atoms with Crippen LogP contribution in [0.5, 0.6) is 0 Å². The molecule has 0 bridgehead atoms. The smallest absolute Gasteiger partial charge is 0.354 e. The fraction of sp³-hybridized carbons (Fsp3) is 0.318. The fourth-order valence-electron chi connectivity index (χ4n) is 4.14. The highest BCUT2D eigenvalue weighted by molar-refractivity contribution is 6.09. The molecule has 31 heavy (non-hydrogen) atoms. The van der Waals surface area contributed by atoms with Crippen molar-refractivity contribution >= 4 is 17.8 Å². The van der Waals surface area contributed by atoms with Crippen molar-refractivity contribution < 1.29 is 27.6 Å². The first kappa shape index (κ1) is 20.9. The normalized spacial score (nSPS) is 20.2. The first-order valence-electron chi connectivity index (χ1n) is 9.86. The van der Waals surface area contributed by atoms with Crippen molar-refractivity contribution in [1.82, 2.24) is 15.5 Å². The summed E-state index contributed by atoms with van der Waals surface area (Å²) in [6.45, 7) is -0.247. The number of nitrogens with zero attached hydrogens (tertiary/aromatic N) is 1. The van der Waals surface area contributed by atoms with E-state index >= 15 is 0 Å². The number of amides is 4. The lowest BCUT2D eigenvalue weighted by molar-refractivity contribution is -0.137. The van der Waals surface area contributed by atoms with Crippen molar-refractivity contribution in [3.63, 3.8) is 0 Å². The molecule has 1 aliphatic carbocycles. The van der Waals surface area contributed by atoms with Crippen molar-refractivity contribution in [1.29, 1.82) is 0 Å². The Morgan fingerprint density at radius 2 is 1.81 bits per heavy atom. The molecule has 1 atom stereocenters. The van der Waals surface area contributed by atoms with Crippen molar-refractivity contribution in [3.8, 4) is 0 Å². The first-order valence-corrected chi connectivity index (χ1v) is 9.86. The molecular formula is C22H20F3N3O3. The van der Waals surface area contributed by atoms with E-state index in [9.17, 15) is 27.6 Å².